The molecule has 0 radical (unpaired) electrons. The van der Waals surface area contributed by atoms with Gasteiger partial charge in [-0.1, -0.05) is 23.7 Å². The third kappa shape index (κ3) is 7.03. The lowest BCUT2D eigenvalue weighted by Gasteiger charge is -2.44. The molecule has 5 aromatic rings. The van der Waals surface area contributed by atoms with Crippen molar-refractivity contribution in [2.75, 3.05) is 39.2 Å². The quantitative estimate of drug-likeness (QED) is 0.169. The lowest BCUT2D eigenvalue weighted by atomic mass is 9.90. The number of likely N-dealkylation sites (tertiary alicyclic amines) is 1. The van der Waals surface area contributed by atoms with E-state index >= 15 is 4.39 Å². The number of benzene rings is 4. The van der Waals surface area contributed by atoms with Gasteiger partial charge >= 0.3 is 0 Å². The number of piperidine rings is 2. The van der Waals surface area contributed by atoms with Gasteiger partial charge < -0.3 is 29.2 Å². The highest BCUT2D eigenvalue weighted by atomic mass is 35.5. The van der Waals surface area contributed by atoms with Crippen LogP contribution < -0.4 is 24.3 Å². The van der Waals surface area contributed by atoms with Crippen LogP contribution in [-0.2, 0) is 22.7 Å². The number of nitrogens with zero attached hydrogens (tertiary/aromatic N) is 6. The maximum Gasteiger partial charge on any atom is 0.273 e. The Morgan fingerprint density at radius 3 is 2.46 bits per heavy atom. The molecule has 0 bridgehead atoms. The molecular formula is C46H39ClFN7O8. The van der Waals surface area contributed by atoms with Gasteiger partial charge in [-0.25, -0.2) is 19.4 Å². The lowest BCUT2D eigenvalue weighted by molar-refractivity contribution is -0.163. The molecule has 5 aliphatic heterocycles. The number of anilines is 2. The van der Waals surface area contributed by atoms with Gasteiger partial charge in [0.15, 0.2) is 11.5 Å². The van der Waals surface area contributed by atoms with Crippen LogP contribution in [0.5, 0.6) is 23.0 Å². The van der Waals surface area contributed by atoms with E-state index in [1.165, 1.54) is 25.3 Å². The number of aliphatic imine (C=N–C) groups is 1. The van der Waals surface area contributed by atoms with Crippen molar-refractivity contribution in [2.45, 2.75) is 50.8 Å². The molecule has 63 heavy (non-hydrogen) atoms. The van der Waals surface area contributed by atoms with Crippen molar-refractivity contribution in [3.63, 3.8) is 0 Å². The molecule has 320 valence electrons. The first-order chi connectivity index (χ1) is 30.5. The van der Waals surface area contributed by atoms with Gasteiger partial charge in [-0.05, 0) is 60.5 Å². The molecule has 0 unspecified atom stereocenters. The number of aromatic nitrogens is 2. The monoisotopic (exact) mass is 871 g/mol. The topological polar surface area (TPSA) is 165 Å². The molecule has 4 aromatic carbocycles. The van der Waals surface area contributed by atoms with E-state index in [0.717, 1.165) is 10.6 Å². The molecule has 1 N–H and O–H groups in total. The van der Waals surface area contributed by atoms with Gasteiger partial charge in [-0.15, -0.1) is 0 Å². The number of hydrogen-bond donors (Lipinski definition) is 1. The third-order valence-electron chi connectivity index (χ3n) is 12.1. The molecule has 10 rings (SSSR count). The Hall–Kier alpha value is -7.07. The number of halogens is 2. The zero-order valence-corrected chi connectivity index (χ0v) is 35.0. The van der Waals surface area contributed by atoms with E-state index in [1.807, 2.05) is 6.07 Å². The summed E-state index contributed by atoms with van der Waals surface area (Å²) < 4.78 is 39.4. The number of ether oxygens (including phenoxy) is 4. The van der Waals surface area contributed by atoms with Crippen molar-refractivity contribution < 1.29 is 42.5 Å². The Bertz CT molecular complexity index is 2790. The van der Waals surface area contributed by atoms with E-state index in [4.69, 9.17) is 40.5 Å². The van der Waals surface area contributed by atoms with Crippen LogP contribution in [0.4, 0.5) is 16.0 Å². The molecule has 0 aliphatic carbocycles. The van der Waals surface area contributed by atoms with E-state index in [2.05, 4.69) is 10.3 Å². The number of amides is 4. The van der Waals surface area contributed by atoms with Crippen LogP contribution in [0.2, 0.25) is 5.02 Å². The van der Waals surface area contributed by atoms with Gasteiger partial charge in [-0.2, -0.15) is 5.01 Å². The van der Waals surface area contributed by atoms with Gasteiger partial charge in [0.1, 0.15) is 29.5 Å². The van der Waals surface area contributed by atoms with Crippen LogP contribution in [0, 0.1) is 5.82 Å². The van der Waals surface area contributed by atoms with E-state index in [-0.39, 0.29) is 61.8 Å². The average molecular weight is 872 g/mol. The summed E-state index contributed by atoms with van der Waals surface area (Å²) in [7, 11) is 2.98. The molecule has 5 aliphatic rings. The summed E-state index contributed by atoms with van der Waals surface area (Å²) in [5.74, 6) is -0.0315. The zero-order valence-electron chi connectivity index (χ0n) is 34.2. The van der Waals surface area contributed by atoms with Gasteiger partial charge in [0, 0.05) is 78.4 Å². The van der Waals surface area contributed by atoms with Gasteiger partial charge in [0.05, 0.1) is 55.4 Å². The Balaban J connectivity index is 0.828. The molecule has 6 heterocycles. The van der Waals surface area contributed by atoms with Crippen LogP contribution in [0.1, 0.15) is 75.1 Å². The highest BCUT2D eigenvalue weighted by Gasteiger charge is 2.45. The van der Waals surface area contributed by atoms with Crippen molar-refractivity contribution in [3.05, 3.63) is 117 Å². The van der Waals surface area contributed by atoms with Crippen LogP contribution in [0.15, 0.2) is 77.9 Å². The Morgan fingerprint density at radius 2 is 1.68 bits per heavy atom. The molecule has 15 nitrogen and oxygen atoms in total. The molecule has 0 atom stereocenters. The first-order valence-electron chi connectivity index (χ1n) is 20.5. The molecule has 1 spiro atoms. The summed E-state index contributed by atoms with van der Waals surface area (Å²) in [5, 5.41) is 5.87. The number of hydrazine groups is 1. The number of carbonyl (C=O) groups is 4. The molecule has 2 fully saturated rings. The lowest BCUT2D eigenvalue weighted by Crippen LogP contribution is -2.54. The zero-order chi connectivity index (χ0) is 43.6. The summed E-state index contributed by atoms with van der Waals surface area (Å²) in [6, 6.07) is 18.5. The third-order valence-corrected chi connectivity index (χ3v) is 12.3. The average Bonchev–Trinajstić information content (AvgIpc) is 3.50. The number of nitrogens with one attached hydrogen (secondary N) is 1. The molecule has 17 heteroatoms. The second-order valence-corrected chi connectivity index (χ2v) is 16.4. The van der Waals surface area contributed by atoms with Crippen molar-refractivity contribution >= 4 is 52.6 Å². The highest BCUT2D eigenvalue weighted by Crippen LogP contribution is 2.44. The highest BCUT2D eigenvalue weighted by molar-refractivity contribution is 6.31. The molecule has 1 aromatic heterocycles. The van der Waals surface area contributed by atoms with Crippen LogP contribution in [-0.4, -0.2) is 93.7 Å². The smallest absolute Gasteiger partial charge is 0.273 e. The van der Waals surface area contributed by atoms with Crippen LogP contribution in [0.3, 0.4) is 0 Å². The van der Waals surface area contributed by atoms with Gasteiger partial charge in [0.2, 0.25) is 17.8 Å². The number of imide groups is 1. The predicted molar refractivity (Wildman–Crippen MR) is 227 cm³/mol. The van der Waals surface area contributed by atoms with E-state index in [0.29, 0.717) is 105 Å². The number of hydrogen-bond acceptors (Lipinski definition) is 12. The standard InChI is InChI=1S/C46H39ClFN7O8/c1-60-34-6-3-5-33(48)40(34)42-32-18-27(47)9-11-29(32)41-26(21-49-42)22-50-45(52-41)51-28-10-12-30(35(19-28)61-2)43(58)53-15-13-46(14-16-53)24-62-36-20-31-25(17-37(36)63-46)23-54(44(31)59)55-38(56)7-4-8-39(55)57/h3,5-6,9-12,17-20,22H,4,7-8,13-16,21,23-24H2,1-2H3,(H,50,51,52). The second kappa shape index (κ2) is 15.7. The van der Waals surface area contributed by atoms with E-state index in [1.54, 1.807) is 65.7 Å². The fourth-order valence-corrected chi connectivity index (χ4v) is 9.02. The largest absolute Gasteiger partial charge is 0.496 e. The van der Waals surface area contributed by atoms with E-state index in [9.17, 15) is 19.2 Å². The Kier molecular flexibility index (Phi) is 9.96. The Labute approximate surface area is 365 Å². The maximum atomic E-state index is 15.4. The van der Waals surface area contributed by atoms with Crippen LogP contribution in [0.25, 0.3) is 11.3 Å². The summed E-state index contributed by atoms with van der Waals surface area (Å²) in [4.78, 5) is 68.5. The van der Waals surface area contributed by atoms with Crippen molar-refractivity contribution in [1.29, 1.82) is 0 Å². The van der Waals surface area contributed by atoms with Crippen molar-refractivity contribution in [3.8, 4) is 34.3 Å². The fourth-order valence-electron chi connectivity index (χ4n) is 8.85. The minimum atomic E-state index is -0.698. The Morgan fingerprint density at radius 1 is 0.889 bits per heavy atom. The minimum Gasteiger partial charge on any atom is -0.496 e. The normalized spacial score (nSPS) is 17.4. The van der Waals surface area contributed by atoms with Crippen molar-refractivity contribution in [1.82, 2.24) is 24.9 Å². The number of methoxy groups -OCH3 is 2. The van der Waals surface area contributed by atoms with Gasteiger partial charge in [0.25, 0.3) is 11.8 Å². The summed E-state index contributed by atoms with van der Waals surface area (Å²) in [6.07, 6.45) is 3.55. The first-order valence-corrected chi connectivity index (χ1v) is 20.8. The van der Waals surface area contributed by atoms with Gasteiger partial charge in [-0.3, -0.25) is 24.2 Å². The molecule has 2 saturated heterocycles. The number of fused-ring (bicyclic) bond motifs is 5. The summed E-state index contributed by atoms with van der Waals surface area (Å²) >= 11 is 6.47. The minimum absolute atomic E-state index is 0.0727. The van der Waals surface area contributed by atoms with E-state index < -0.39 is 17.3 Å². The maximum absolute atomic E-state index is 15.4. The predicted octanol–water partition coefficient (Wildman–Crippen LogP) is 6.90. The summed E-state index contributed by atoms with van der Waals surface area (Å²) in [5.41, 5.74) is 4.47. The van der Waals surface area contributed by atoms with Crippen LogP contribution >= 0.6 is 11.6 Å². The number of rotatable bonds is 7. The first kappa shape index (κ1) is 40.0. The SMILES string of the molecule is COc1cc(Nc2ncc3c(n2)-c2ccc(Cl)cc2C(c2c(F)cccc2OC)=NC3)ccc1C(=O)N1CCC2(CC1)COc1cc3c(cc1O2)CN(N1C(=O)CCCC1=O)C3=O. The number of carbonyl (C=O) groups excluding carboxylic acids is 4. The molecule has 0 saturated carbocycles. The summed E-state index contributed by atoms with van der Waals surface area (Å²) in [6.45, 7) is 1.26. The van der Waals surface area contributed by atoms with Crippen molar-refractivity contribution in [2.24, 2.45) is 4.99 Å². The fraction of sp³-hybridized carbons (Fsp3) is 0.283. The second-order valence-electron chi connectivity index (χ2n) is 15.9. The molecule has 4 amide bonds. The molecular weight excluding hydrogens is 833 g/mol.